The van der Waals surface area contributed by atoms with E-state index in [9.17, 15) is 21.6 Å². The van der Waals surface area contributed by atoms with Crippen LogP contribution in [-0.2, 0) is 22.6 Å². The first-order chi connectivity index (χ1) is 15.7. The highest BCUT2D eigenvalue weighted by Gasteiger charge is 2.48. The lowest BCUT2D eigenvalue weighted by Crippen LogP contribution is -2.51. The Morgan fingerprint density at radius 3 is 2.48 bits per heavy atom. The van der Waals surface area contributed by atoms with Crippen LogP contribution in [0.3, 0.4) is 0 Å². The maximum atomic E-state index is 13.6. The Morgan fingerprint density at radius 2 is 1.85 bits per heavy atom. The van der Waals surface area contributed by atoms with Crippen LogP contribution < -0.4 is 4.74 Å². The van der Waals surface area contributed by atoms with E-state index in [1.54, 1.807) is 13.3 Å². The monoisotopic (exact) mass is 478 g/mol. The number of alkyl halides is 3. The number of methoxy groups -OCH3 is 1. The van der Waals surface area contributed by atoms with Crippen molar-refractivity contribution in [2.45, 2.75) is 48.3 Å². The number of hydrogen-bond donors (Lipinski definition) is 1. The summed E-state index contributed by atoms with van der Waals surface area (Å²) in [6.45, 7) is 0. The third-order valence-electron chi connectivity index (χ3n) is 6.47. The Hall–Kier alpha value is -2.92. The van der Waals surface area contributed by atoms with Crippen LogP contribution in [0.1, 0.15) is 47.3 Å². The van der Waals surface area contributed by atoms with Crippen molar-refractivity contribution >= 4 is 10.0 Å². The molecule has 2 aromatic heterocycles. The Balaban J connectivity index is 1.50. The molecule has 33 heavy (non-hydrogen) atoms. The van der Waals surface area contributed by atoms with Gasteiger partial charge in [-0.2, -0.15) is 22.6 Å². The molecule has 1 aromatic carbocycles. The largest absolute Gasteiger partial charge is 0.497 e. The van der Waals surface area contributed by atoms with Gasteiger partial charge in [0.25, 0.3) is 0 Å². The summed E-state index contributed by atoms with van der Waals surface area (Å²) in [5.74, 6) is 0.858. The number of halogens is 3. The van der Waals surface area contributed by atoms with Crippen LogP contribution in [-0.4, -0.2) is 41.1 Å². The molecule has 1 saturated heterocycles. The van der Waals surface area contributed by atoms with Gasteiger partial charge in [0, 0.05) is 29.9 Å². The zero-order chi connectivity index (χ0) is 23.4. The predicted molar refractivity (Wildman–Crippen MR) is 112 cm³/mol. The smallest absolute Gasteiger partial charge is 0.433 e. The second-order valence-corrected chi connectivity index (χ2v) is 10.2. The summed E-state index contributed by atoms with van der Waals surface area (Å²) in [7, 11) is -2.48. The van der Waals surface area contributed by atoms with Gasteiger partial charge < -0.3 is 4.74 Å². The predicted octanol–water partition coefficient (Wildman–Crippen LogP) is 4.07. The number of piperidine rings is 1. The highest BCUT2D eigenvalue weighted by Crippen LogP contribution is 2.49. The molecule has 2 aliphatic rings. The maximum absolute atomic E-state index is 13.6. The minimum absolute atomic E-state index is 0.117. The number of nitrogens with zero attached hydrogens (tertiary/aromatic N) is 3. The molecule has 0 aliphatic carbocycles. The lowest BCUT2D eigenvalue weighted by atomic mass is 9.76. The third kappa shape index (κ3) is 3.78. The summed E-state index contributed by atoms with van der Waals surface area (Å²) in [4.78, 5) is 3.11. The van der Waals surface area contributed by atoms with Crippen molar-refractivity contribution in [3.63, 3.8) is 0 Å². The molecule has 0 amide bonds. The highest BCUT2D eigenvalue weighted by atomic mass is 32.2. The molecular weight excluding hydrogens is 457 g/mol. The second kappa shape index (κ2) is 7.84. The topological polar surface area (TPSA) is 88.2 Å². The van der Waals surface area contributed by atoms with E-state index in [4.69, 9.17) is 4.74 Å². The van der Waals surface area contributed by atoms with Crippen molar-refractivity contribution in [1.82, 2.24) is 19.5 Å². The SMILES string of the molecule is COc1ccc(C2CC3Cc4[nH]ncc4C(C2)N3S(=O)(=O)c2ccc(C(F)(F)F)nc2)cc1. The van der Waals surface area contributed by atoms with E-state index < -0.39 is 27.9 Å². The molecule has 3 aromatic rings. The van der Waals surface area contributed by atoms with Gasteiger partial charge in [-0.25, -0.2) is 8.42 Å². The Morgan fingerprint density at radius 1 is 1.09 bits per heavy atom. The molecule has 4 heterocycles. The van der Waals surface area contributed by atoms with Crippen molar-refractivity contribution in [1.29, 1.82) is 0 Å². The van der Waals surface area contributed by atoms with E-state index in [1.165, 1.54) is 4.31 Å². The summed E-state index contributed by atoms with van der Waals surface area (Å²) < 4.78 is 72.5. The van der Waals surface area contributed by atoms with Crippen LogP contribution in [0.15, 0.2) is 53.7 Å². The number of benzene rings is 1. The number of fused-ring (bicyclic) bond motifs is 4. The van der Waals surface area contributed by atoms with E-state index in [2.05, 4.69) is 15.2 Å². The van der Waals surface area contributed by atoms with Gasteiger partial charge in [0.2, 0.25) is 10.0 Å². The van der Waals surface area contributed by atoms with Crippen LogP contribution in [0.5, 0.6) is 5.75 Å². The molecule has 3 atom stereocenters. The van der Waals surface area contributed by atoms with E-state index in [-0.39, 0.29) is 16.9 Å². The number of pyridine rings is 1. The normalized spacial score (nSPS) is 23.2. The molecular formula is C22H21F3N4O3S. The van der Waals surface area contributed by atoms with Crippen LogP contribution >= 0.6 is 0 Å². The minimum atomic E-state index is -4.64. The highest BCUT2D eigenvalue weighted by molar-refractivity contribution is 7.89. The van der Waals surface area contributed by atoms with Crippen molar-refractivity contribution in [2.75, 3.05) is 7.11 Å². The summed E-state index contributed by atoms with van der Waals surface area (Å²) >= 11 is 0. The molecule has 11 heteroatoms. The molecule has 3 unspecified atom stereocenters. The molecule has 0 saturated carbocycles. The Bertz CT molecular complexity index is 1260. The average Bonchev–Trinajstić information content (AvgIpc) is 3.26. The molecule has 0 radical (unpaired) electrons. The maximum Gasteiger partial charge on any atom is 0.433 e. The lowest BCUT2D eigenvalue weighted by Gasteiger charge is -2.47. The second-order valence-electron chi connectivity index (χ2n) is 8.33. The standard InChI is InChI=1S/C22H21F3N4O3S/c1-32-16-4-2-13(3-5-16)14-8-15-10-19-18(12-27-28-19)20(9-14)29(15)33(30,31)17-6-7-21(26-11-17)22(23,24)25/h2-7,11-12,14-15,20H,8-10H2,1H3,(H,27,28). The van der Waals surface area contributed by atoms with Gasteiger partial charge in [0.05, 0.1) is 19.3 Å². The number of ether oxygens (including phenoxy) is 1. The van der Waals surface area contributed by atoms with Gasteiger partial charge in [-0.1, -0.05) is 12.1 Å². The summed E-state index contributed by atoms with van der Waals surface area (Å²) in [6, 6.07) is 8.57. The molecule has 1 N–H and O–H groups in total. The summed E-state index contributed by atoms with van der Waals surface area (Å²) in [5, 5.41) is 7.08. The first-order valence-electron chi connectivity index (χ1n) is 10.4. The first-order valence-corrected chi connectivity index (χ1v) is 11.9. The van der Waals surface area contributed by atoms with Crippen molar-refractivity contribution < 1.29 is 26.3 Å². The van der Waals surface area contributed by atoms with Crippen LogP contribution in [0.25, 0.3) is 0 Å². The fraction of sp³-hybridized carbons (Fsp3) is 0.364. The van der Waals surface area contributed by atoms with E-state index in [0.717, 1.165) is 34.8 Å². The van der Waals surface area contributed by atoms with Gasteiger partial charge in [-0.15, -0.1) is 0 Å². The van der Waals surface area contributed by atoms with Gasteiger partial charge in [0.1, 0.15) is 16.3 Å². The quantitative estimate of drug-likeness (QED) is 0.611. The van der Waals surface area contributed by atoms with Gasteiger partial charge in [-0.05, 0) is 48.6 Å². The van der Waals surface area contributed by atoms with Gasteiger partial charge in [0.15, 0.2) is 0 Å². The fourth-order valence-corrected chi connectivity index (χ4v) is 6.69. The number of rotatable bonds is 4. The molecule has 174 valence electrons. The fourth-order valence-electron chi connectivity index (χ4n) is 4.94. The van der Waals surface area contributed by atoms with E-state index in [0.29, 0.717) is 25.3 Å². The molecule has 1 fully saturated rings. The van der Waals surface area contributed by atoms with E-state index in [1.807, 2.05) is 24.3 Å². The number of H-pyrrole nitrogens is 1. The molecule has 2 aliphatic heterocycles. The lowest BCUT2D eigenvalue weighted by molar-refractivity contribution is -0.141. The summed E-state index contributed by atoms with van der Waals surface area (Å²) in [6.07, 6.45) is -0.649. The number of aromatic amines is 1. The molecule has 0 spiro atoms. The van der Waals surface area contributed by atoms with Crippen LogP contribution in [0.2, 0.25) is 0 Å². The molecule has 5 rings (SSSR count). The van der Waals surface area contributed by atoms with Gasteiger partial charge in [-0.3, -0.25) is 10.1 Å². The summed E-state index contributed by atoms with van der Waals surface area (Å²) in [5.41, 5.74) is 1.66. The average molecular weight is 478 g/mol. The van der Waals surface area contributed by atoms with Crippen LogP contribution in [0, 0.1) is 0 Å². The molecule has 7 nitrogen and oxygen atoms in total. The first kappa shape index (κ1) is 21.9. The number of sulfonamides is 1. The number of aromatic nitrogens is 3. The van der Waals surface area contributed by atoms with Crippen molar-refractivity contribution in [3.05, 3.63) is 71.3 Å². The minimum Gasteiger partial charge on any atom is -0.497 e. The zero-order valence-corrected chi connectivity index (χ0v) is 18.4. The van der Waals surface area contributed by atoms with E-state index >= 15 is 0 Å². The Kier molecular flexibility index (Phi) is 5.20. The van der Waals surface area contributed by atoms with Crippen LogP contribution in [0.4, 0.5) is 13.2 Å². The van der Waals surface area contributed by atoms with Crippen molar-refractivity contribution in [3.8, 4) is 5.75 Å². The van der Waals surface area contributed by atoms with Gasteiger partial charge >= 0.3 is 6.18 Å². The number of hydrogen-bond acceptors (Lipinski definition) is 5. The third-order valence-corrected chi connectivity index (χ3v) is 8.42. The molecule has 2 bridgehead atoms. The zero-order valence-electron chi connectivity index (χ0n) is 17.6. The Labute approximate surface area is 188 Å². The van der Waals surface area contributed by atoms with Crippen molar-refractivity contribution in [2.24, 2.45) is 0 Å². The number of nitrogens with one attached hydrogen (secondary N) is 1.